The van der Waals surface area contributed by atoms with Gasteiger partial charge in [0.05, 0.1) is 0 Å². The highest BCUT2D eigenvalue weighted by Crippen LogP contribution is 2.00. The molecule has 0 aliphatic heterocycles. The van der Waals surface area contributed by atoms with Gasteiger partial charge >= 0.3 is 6.09 Å². The van der Waals surface area contributed by atoms with Crippen LogP contribution in [0.15, 0.2) is 30.3 Å². The molecule has 0 radical (unpaired) electrons. The van der Waals surface area contributed by atoms with Crippen molar-refractivity contribution in [3.05, 3.63) is 35.9 Å². The molecule has 2 N–H and O–H groups in total. The van der Waals surface area contributed by atoms with E-state index in [2.05, 4.69) is 10.6 Å². The first-order valence-corrected chi connectivity index (χ1v) is 5.93. The number of hydrogen-bond donors (Lipinski definition) is 2. The minimum absolute atomic E-state index is 0.0329. The monoisotopic (exact) mass is 248 g/mol. The van der Waals surface area contributed by atoms with Crippen molar-refractivity contribution in [1.82, 2.24) is 10.6 Å². The first kappa shape index (κ1) is 14.1. The van der Waals surface area contributed by atoms with Crippen molar-refractivity contribution in [2.45, 2.75) is 12.9 Å². The third kappa shape index (κ3) is 5.93. The van der Waals surface area contributed by atoms with Gasteiger partial charge in [0.15, 0.2) is 0 Å². The van der Waals surface area contributed by atoms with Crippen LogP contribution in [0.1, 0.15) is 5.56 Å². The molecular formula is C12H17BN2O3. The van der Waals surface area contributed by atoms with E-state index < -0.39 is 6.09 Å². The summed E-state index contributed by atoms with van der Waals surface area (Å²) in [5.41, 5.74) is 0.937. The lowest BCUT2D eigenvalue weighted by Gasteiger charge is -2.07. The number of benzene rings is 1. The molecule has 2 amide bonds. The number of ether oxygens (including phenoxy) is 1. The average molecular weight is 248 g/mol. The summed E-state index contributed by atoms with van der Waals surface area (Å²) in [6.07, 6.45) is -0.0389. The Morgan fingerprint density at radius 2 is 1.78 bits per heavy atom. The quantitative estimate of drug-likeness (QED) is 0.553. The minimum Gasteiger partial charge on any atom is -0.445 e. The Hall–Kier alpha value is -1.98. The molecule has 5 nitrogen and oxygen atoms in total. The van der Waals surface area contributed by atoms with Crippen molar-refractivity contribution in [3.63, 3.8) is 0 Å². The van der Waals surface area contributed by atoms with Gasteiger partial charge in [0.25, 0.3) is 0 Å². The Morgan fingerprint density at radius 1 is 1.11 bits per heavy atom. The number of nitrogens with one attached hydrogen (secondary N) is 2. The predicted octanol–water partition coefficient (Wildman–Crippen LogP) is 0.0804. The molecule has 0 atom stereocenters. The van der Waals surface area contributed by atoms with E-state index in [1.54, 1.807) is 7.85 Å². The maximum atomic E-state index is 11.3. The zero-order valence-electron chi connectivity index (χ0n) is 10.4. The van der Waals surface area contributed by atoms with E-state index in [4.69, 9.17) is 4.74 Å². The standard InChI is InChI=1S/C12H17BN2O3/c13-8-11(16)14-6-7-15-12(17)18-9-10-4-2-1-3-5-10/h1-5H,6-9,13H2,(H,14,16)(H,15,17). The maximum Gasteiger partial charge on any atom is 0.407 e. The highest BCUT2D eigenvalue weighted by molar-refractivity contribution is 6.19. The van der Waals surface area contributed by atoms with Crippen molar-refractivity contribution >= 4 is 19.8 Å². The molecule has 0 saturated heterocycles. The number of amides is 2. The second kappa shape index (κ2) is 8.17. The molecule has 1 rings (SSSR count). The topological polar surface area (TPSA) is 67.4 Å². The van der Waals surface area contributed by atoms with Gasteiger partial charge in [-0.25, -0.2) is 4.79 Å². The molecule has 0 saturated carbocycles. The van der Waals surface area contributed by atoms with E-state index >= 15 is 0 Å². The molecule has 0 aromatic heterocycles. The molecule has 96 valence electrons. The Morgan fingerprint density at radius 3 is 2.44 bits per heavy atom. The van der Waals surface area contributed by atoms with Gasteiger partial charge in [-0.3, -0.25) is 4.79 Å². The van der Waals surface area contributed by atoms with Crippen LogP contribution in [0.3, 0.4) is 0 Å². The molecule has 1 aromatic rings. The Bertz CT molecular complexity index is 384. The SMILES string of the molecule is BCC(=O)NCCNC(=O)OCc1ccccc1. The summed E-state index contributed by atoms with van der Waals surface area (Å²) in [4.78, 5) is 22.2. The second-order valence-corrected chi connectivity index (χ2v) is 3.69. The van der Waals surface area contributed by atoms with Crippen LogP contribution >= 0.6 is 0 Å². The molecule has 18 heavy (non-hydrogen) atoms. The van der Waals surface area contributed by atoms with E-state index in [1.165, 1.54) is 0 Å². The molecular weight excluding hydrogens is 231 g/mol. The van der Waals surface area contributed by atoms with Gasteiger partial charge in [-0.1, -0.05) is 30.3 Å². The van der Waals surface area contributed by atoms with Crippen LogP contribution in [0.25, 0.3) is 0 Å². The summed E-state index contributed by atoms with van der Waals surface area (Å²) in [6.45, 7) is 1.01. The van der Waals surface area contributed by atoms with Crippen molar-refractivity contribution < 1.29 is 14.3 Å². The number of rotatable bonds is 6. The summed E-state index contributed by atoms with van der Waals surface area (Å²) in [5.74, 6) is -0.0329. The average Bonchev–Trinajstić information content (AvgIpc) is 2.42. The second-order valence-electron chi connectivity index (χ2n) is 3.69. The third-order valence-corrected chi connectivity index (χ3v) is 2.25. The molecule has 0 spiro atoms. The maximum absolute atomic E-state index is 11.3. The summed E-state index contributed by atoms with van der Waals surface area (Å²) >= 11 is 0. The highest BCUT2D eigenvalue weighted by Gasteiger charge is 2.02. The zero-order chi connectivity index (χ0) is 13.2. The van der Waals surface area contributed by atoms with Gasteiger partial charge in [-0.05, 0) is 11.9 Å². The number of alkyl carbamates (subject to hydrolysis) is 1. The lowest BCUT2D eigenvalue weighted by molar-refractivity contribution is -0.118. The smallest absolute Gasteiger partial charge is 0.407 e. The number of carbonyl (C=O) groups is 2. The molecule has 0 fully saturated rings. The third-order valence-electron chi connectivity index (χ3n) is 2.25. The van der Waals surface area contributed by atoms with Crippen molar-refractivity contribution in [2.24, 2.45) is 0 Å². The molecule has 0 heterocycles. The van der Waals surface area contributed by atoms with Gasteiger partial charge in [0.2, 0.25) is 5.91 Å². The fourth-order valence-electron chi connectivity index (χ4n) is 1.27. The molecule has 1 aromatic carbocycles. The molecule has 0 aliphatic carbocycles. The molecule has 0 aliphatic rings. The fourth-order valence-corrected chi connectivity index (χ4v) is 1.27. The Labute approximate surface area is 107 Å². The predicted molar refractivity (Wildman–Crippen MR) is 71.0 cm³/mol. The van der Waals surface area contributed by atoms with Gasteiger partial charge in [0, 0.05) is 13.1 Å². The summed E-state index contributed by atoms with van der Waals surface area (Å²) in [5, 5.41) is 5.21. The molecule has 6 heteroatoms. The van der Waals surface area contributed by atoms with Gasteiger partial charge < -0.3 is 15.4 Å². The van der Waals surface area contributed by atoms with E-state index in [0.29, 0.717) is 19.4 Å². The van der Waals surface area contributed by atoms with Gasteiger partial charge in [-0.2, -0.15) is 0 Å². The summed E-state index contributed by atoms with van der Waals surface area (Å²) < 4.78 is 5.00. The van der Waals surface area contributed by atoms with Gasteiger partial charge in [0.1, 0.15) is 14.5 Å². The Balaban J connectivity index is 2.09. The summed E-state index contributed by atoms with van der Waals surface area (Å²) in [6, 6.07) is 9.44. The molecule has 0 unspecified atom stereocenters. The lowest BCUT2D eigenvalue weighted by atomic mass is 10.1. The van der Waals surface area contributed by atoms with Crippen LogP contribution in [0.4, 0.5) is 4.79 Å². The largest absolute Gasteiger partial charge is 0.445 e. The van der Waals surface area contributed by atoms with Crippen molar-refractivity contribution in [2.75, 3.05) is 13.1 Å². The van der Waals surface area contributed by atoms with Crippen LogP contribution < -0.4 is 10.6 Å². The van der Waals surface area contributed by atoms with Crippen LogP contribution in [0.5, 0.6) is 0 Å². The number of carbonyl (C=O) groups excluding carboxylic acids is 2. The zero-order valence-corrected chi connectivity index (χ0v) is 10.4. The van der Waals surface area contributed by atoms with Crippen molar-refractivity contribution in [1.29, 1.82) is 0 Å². The van der Waals surface area contributed by atoms with Crippen LogP contribution in [0, 0.1) is 0 Å². The highest BCUT2D eigenvalue weighted by atomic mass is 16.5. The lowest BCUT2D eigenvalue weighted by Crippen LogP contribution is -2.34. The van der Waals surface area contributed by atoms with E-state index in [9.17, 15) is 9.59 Å². The first-order chi connectivity index (χ1) is 8.72. The fraction of sp³-hybridized carbons (Fsp3) is 0.333. The summed E-state index contributed by atoms with van der Waals surface area (Å²) in [7, 11) is 1.77. The van der Waals surface area contributed by atoms with Crippen LogP contribution in [-0.4, -0.2) is 32.9 Å². The normalized spacial score (nSPS) is 9.56. The van der Waals surface area contributed by atoms with Crippen LogP contribution in [-0.2, 0) is 16.1 Å². The minimum atomic E-state index is -0.482. The van der Waals surface area contributed by atoms with Crippen molar-refractivity contribution in [3.8, 4) is 0 Å². The Kier molecular flexibility index (Phi) is 6.39. The number of hydrogen-bond acceptors (Lipinski definition) is 3. The first-order valence-electron chi connectivity index (χ1n) is 5.93. The van der Waals surface area contributed by atoms with Gasteiger partial charge in [-0.15, -0.1) is 0 Å². The van der Waals surface area contributed by atoms with E-state index in [0.717, 1.165) is 5.56 Å². The molecule has 0 bridgehead atoms. The van der Waals surface area contributed by atoms with E-state index in [1.807, 2.05) is 30.3 Å². The van der Waals surface area contributed by atoms with Crippen LogP contribution in [0.2, 0.25) is 6.32 Å². The van der Waals surface area contributed by atoms with E-state index in [-0.39, 0.29) is 12.5 Å².